The van der Waals surface area contributed by atoms with Gasteiger partial charge in [0.15, 0.2) is 0 Å². The number of aryl methyl sites for hydroxylation is 1. The summed E-state index contributed by atoms with van der Waals surface area (Å²) in [7, 11) is 1.83. The second kappa shape index (κ2) is 3.22. The van der Waals surface area contributed by atoms with E-state index in [9.17, 15) is 5.11 Å². The van der Waals surface area contributed by atoms with Crippen LogP contribution in [0.15, 0.2) is 29.8 Å². The molecule has 14 heavy (non-hydrogen) atoms. The highest BCUT2D eigenvalue weighted by atomic mass is 32.1. The minimum atomic E-state index is -0.945. The number of thiophene rings is 1. The van der Waals surface area contributed by atoms with Crippen molar-refractivity contribution in [3.05, 3.63) is 40.3 Å². The van der Waals surface area contributed by atoms with Crippen LogP contribution in [0.1, 0.15) is 17.5 Å². The van der Waals surface area contributed by atoms with Gasteiger partial charge in [0.05, 0.1) is 5.69 Å². The summed E-state index contributed by atoms with van der Waals surface area (Å²) in [5, 5.41) is 16.4. The zero-order valence-corrected chi connectivity index (χ0v) is 8.95. The van der Waals surface area contributed by atoms with E-state index in [1.54, 1.807) is 29.1 Å². The van der Waals surface area contributed by atoms with Crippen molar-refractivity contribution in [3.8, 4) is 0 Å². The topological polar surface area (TPSA) is 38.0 Å². The van der Waals surface area contributed by atoms with E-state index < -0.39 is 5.60 Å². The second-order valence-electron chi connectivity index (χ2n) is 3.39. The van der Waals surface area contributed by atoms with Gasteiger partial charge in [-0.25, -0.2) is 0 Å². The highest BCUT2D eigenvalue weighted by molar-refractivity contribution is 7.10. The van der Waals surface area contributed by atoms with E-state index in [0.29, 0.717) is 0 Å². The third-order valence-corrected chi connectivity index (χ3v) is 3.40. The van der Waals surface area contributed by atoms with Crippen LogP contribution in [0.3, 0.4) is 0 Å². The van der Waals surface area contributed by atoms with Crippen molar-refractivity contribution in [1.82, 2.24) is 9.78 Å². The molecule has 0 bridgehead atoms. The monoisotopic (exact) mass is 208 g/mol. The van der Waals surface area contributed by atoms with Crippen LogP contribution in [0.2, 0.25) is 0 Å². The van der Waals surface area contributed by atoms with Crippen molar-refractivity contribution >= 4 is 11.3 Å². The van der Waals surface area contributed by atoms with Crippen LogP contribution in [-0.4, -0.2) is 14.9 Å². The number of aliphatic hydroxyl groups is 1. The molecule has 0 saturated heterocycles. The van der Waals surface area contributed by atoms with E-state index in [1.165, 1.54) is 0 Å². The van der Waals surface area contributed by atoms with Crippen molar-refractivity contribution in [2.24, 2.45) is 7.05 Å². The number of nitrogens with zero attached hydrogens (tertiary/aromatic N) is 2. The van der Waals surface area contributed by atoms with Gasteiger partial charge in [-0.3, -0.25) is 4.68 Å². The Labute approximate surface area is 86.6 Å². The first-order valence-electron chi connectivity index (χ1n) is 4.37. The predicted octanol–water partition coefficient (Wildman–Crippen LogP) is 1.74. The maximum atomic E-state index is 10.4. The van der Waals surface area contributed by atoms with Crippen LogP contribution in [0.5, 0.6) is 0 Å². The van der Waals surface area contributed by atoms with Crippen molar-refractivity contribution < 1.29 is 5.11 Å². The summed E-state index contributed by atoms with van der Waals surface area (Å²) in [6, 6.07) is 5.70. The lowest BCUT2D eigenvalue weighted by atomic mass is 10.0. The van der Waals surface area contributed by atoms with Crippen LogP contribution >= 0.6 is 11.3 Å². The largest absolute Gasteiger partial charge is 0.378 e. The zero-order valence-electron chi connectivity index (χ0n) is 8.14. The summed E-state index contributed by atoms with van der Waals surface area (Å²) in [6.45, 7) is 1.79. The van der Waals surface area contributed by atoms with Gasteiger partial charge in [-0.15, -0.1) is 11.3 Å². The van der Waals surface area contributed by atoms with Crippen LogP contribution in [0.4, 0.5) is 0 Å². The Morgan fingerprint density at radius 2 is 2.29 bits per heavy atom. The third-order valence-electron chi connectivity index (χ3n) is 2.32. The maximum Gasteiger partial charge on any atom is 0.137 e. The van der Waals surface area contributed by atoms with E-state index >= 15 is 0 Å². The normalized spacial score (nSPS) is 15.4. The van der Waals surface area contributed by atoms with Gasteiger partial charge in [-0.1, -0.05) is 6.07 Å². The molecular weight excluding hydrogens is 196 g/mol. The summed E-state index contributed by atoms with van der Waals surface area (Å²) in [5.74, 6) is 0. The van der Waals surface area contributed by atoms with Crippen LogP contribution in [0, 0.1) is 0 Å². The van der Waals surface area contributed by atoms with Gasteiger partial charge in [0.1, 0.15) is 5.60 Å². The zero-order chi connectivity index (χ0) is 10.2. The number of hydrogen-bond donors (Lipinski definition) is 1. The van der Waals surface area contributed by atoms with Gasteiger partial charge < -0.3 is 5.11 Å². The van der Waals surface area contributed by atoms with Crippen LogP contribution in [-0.2, 0) is 12.6 Å². The smallest absolute Gasteiger partial charge is 0.137 e. The van der Waals surface area contributed by atoms with E-state index in [0.717, 1.165) is 10.6 Å². The highest BCUT2D eigenvalue weighted by Gasteiger charge is 2.29. The van der Waals surface area contributed by atoms with Gasteiger partial charge in [-0.05, 0) is 24.4 Å². The Morgan fingerprint density at radius 1 is 1.50 bits per heavy atom. The first-order chi connectivity index (χ1) is 6.62. The molecule has 1 atom stereocenters. The molecule has 74 valence electrons. The molecule has 3 nitrogen and oxygen atoms in total. The second-order valence-corrected chi connectivity index (χ2v) is 4.34. The molecule has 0 radical (unpaired) electrons. The lowest BCUT2D eigenvalue weighted by Crippen LogP contribution is -2.24. The Morgan fingerprint density at radius 3 is 2.79 bits per heavy atom. The number of aromatic nitrogens is 2. The minimum absolute atomic E-state index is 0.806. The third kappa shape index (κ3) is 1.36. The molecule has 2 heterocycles. The summed E-state index contributed by atoms with van der Waals surface area (Å²) >= 11 is 1.55. The predicted molar refractivity (Wildman–Crippen MR) is 56.2 cm³/mol. The quantitative estimate of drug-likeness (QED) is 0.816. The highest BCUT2D eigenvalue weighted by Crippen LogP contribution is 2.31. The number of rotatable bonds is 2. The molecule has 2 aromatic rings. The maximum absolute atomic E-state index is 10.4. The lowest BCUT2D eigenvalue weighted by Gasteiger charge is -2.21. The first kappa shape index (κ1) is 9.43. The summed E-state index contributed by atoms with van der Waals surface area (Å²) in [5.41, 5.74) is -0.140. The molecule has 2 rings (SSSR count). The first-order valence-corrected chi connectivity index (χ1v) is 5.25. The Balaban J connectivity index is 2.48. The van der Waals surface area contributed by atoms with Gasteiger partial charge in [-0.2, -0.15) is 5.10 Å². The summed E-state index contributed by atoms with van der Waals surface area (Å²) < 4.78 is 1.69. The van der Waals surface area contributed by atoms with Crippen molar-refractivity contribution in [2.75, 3.05) is 0 Å². The molecule has 0 amide bonds. The molecule has 4 heteroatoms. The minimum Gasteiger partial charge on any atom is -0.378 e. The molecule has 0 fully saturated rings. The SMILES string of the molecule is Cn1nccc1C(C)(O)c1cccs1. The fourth-order valence-corrected chi connectivity index (χ4v) is 2.33. The van der Waals surface area contributed by atoms with Crippen molar-refractivity contribution in [3.63, 3.8) is 0 Å². The van der Waals surface area contributed by atoms with Gasteiger partial charge in [0, 0.05) is 18.1 Å². The Hall–Kier alpha value is -1.13. The Kier molecular flexibility index (Phi) is 2.17. The lowest BCUT2D eigenvalue weighted by molar-refractivity contribution is 0.0968. The fraction of sp³-hybridized carbons (Fsp3) is 0.300. The Bertz CT molecular complexity index is 417. The van der Waals surface area contributed by atoms with E-state index in [4.69, 9.17) is 0 Å². The van der Waals surface area contributed by atoms with E-state index in [2.05, 4.69) is 5.10 Å². The average molecular weight is 208 g/mol. The van der Waals surface area contributed by atoms with E-state index in [1.807, 2.05) is 30.6 Å². The van der Waals surface area contributed by atoms with Gasteiger partial charge >= 0.3 is 0 Å². The molecule has 0 aromatic carbocycles. The molecule has 1 N–H and O–H groups in total. The van der Waals surface area contributed by atoms with Gasteiger partial charge in [0.25, 0.3) is 0 Å². The van der Waals surface area contributed by atoms with Crippen molar-refractivity contribution in [2.45, 2.75) is 12.5 Å². The molecule has 2 aromatic heterocycles. The molecule has 0 aliphatic heterocycles. The van der Waals surface area contributed by atoms with Crippen LogP contribution in [0.25, 0.3) is 0 Å². The average Bonchev–Trinajstić information content (AvgIpc) is 2.72. The molecule has 0 spiro atoms. The standard InChI is InChI=1S/C10H12N2OS/c1-10(13,9-4-3-7-14-9)8-5-6-11-12(8)2/h3-7,13H,1-2H3. The fourth-order valence-electron chi connectivity index (χ4n) is 1.53. The molecule has 0 saturated carbocycles. The van der Waals surface area contributed by atoms with Crippen molar-refractivity contribution in [1.29, 1.82) is 0 Å². The molecule has 0 aliphatic carbocycles. The number of hydrogen-bond acceptors (Lipinski definition) is 3. The molecular formula is C10H12N2OS. The summed E-state index contributed by atoms with van der Waals surface area (Å²) in [6.07, 6.45) is 1.69. The van der Waals surface area contributed by atoms with Crippen LogP contribution < -0.4 is 0 Å². The van der Waals surface area contributed by atoms with E-state index in [-0.39, 0.29) is 0 Å². The molecule has 1 unspecified atom stereocenters. The van der Waals surface area contributed by atoms with Gasteiger partial charge in [0.2, 0.25) is 0 Å². The summed E-state index contributed by atoms with van der Waals surface area (Å²) in [4.78, 5) is 0.932. The molecule has 0 aliphatic rings.